The van der Waals surface area contributed by atoms with Gasteiger partial charge in [0.1, 0.15) is 11.4 Å². The van der Waals surface area contributed by atoms with Crippen LogP contribution in [0.15, 0.2) is 66.9 Å². The molecule has 1 amide bonds. The molecule has 0 spiro atoms. The van der Waals surface area contributed by atoms with Gasteiger partial charge in [0.25, 0.3) is 5.91 Å². The Hall–Kier alpha value is -3.21. The third kappa shape index (κ3) is 3.83. The van der Waals surface area contributed by atoms with Gasteiger partial charge in [-0.2, -0.15) is 4.98 Å². The minimum absolute atomic E-state index is 0.0639. The maximum atomic E-state index is 12.7. The number of aromatic hydroxyl groups is 1. The van der Waals surface area contributed by atoms with E-state index in [2.05, 4.69) is 15.3 Å². The molecule has 0 bridgehead atoms. The molecule has 2 N–H and O–H groups in total. The van der Waals surface area contributed by atoms with Crippen LogP contribution in [0, 0.1) is 0 Å². The fourth-order valence-corrected chi connectivity index (χ4v) is 2.60. The third-order valence-corrected chi connectivity index (χ3v) is 3.92. The lowest BCUT2D eigenvalue weighted by Gasteiger charge is -2.20. The first-order chi connectivity index (χ1) is 12.2. The van der Waals surface area contributed by atoms with Crippen LogP contribution >= 0.6 is 0 Å². The molecule has 0 atom stereocenters. The molecule has 5 heteroatoms. The van der Waals surface area contributed by atoms with Crippen LogP contribution in [0.5, 0.6) is 5.88 Å². The molecule has 3 aromatic rings. The fourth-order valence-electron chi connectivity index (χ4n) is 2.60. The van der Waals surface area contributed by atoms with Crippen LogP contribution in [0.2, 0.25) is 0 Å². The van der Waals surface area contributed by atoms with Gasteiger partial charge in [-0.1, -0.05) is 67.6 Å². The van der Waals surface area contributed by atoms with Crippen LogP contribution in [0.1, 0.15) is 40.3 Å². The zero-order valence-electron chi connectivity index (χ0n) is 13.9. The maximum absolute atomic E-state index is 12.7. The molecule has 3 rings (SSSR count). The molecule has 0 aliphatic carbocycles. The van der Waals surface area contributed by atoms with Crippen molar-refractivity contribution in [1.82, 2.24) is 15.3 Å². The third-order valence-electron chi connectivity index (χ3n) is 3.92. The van der Waals surface area contributed by atoms with Gasteiger partial charge >= 0.3 is 0 Å². The second-order valence-electron chi connectivity index (χ2n) is 5.60. The Bertz CT molecular complexity index is 812. The van der Waals surface area contributed by atoms with Crippen LogP contribution < -0.4 is 5.32 Å². The number of hydrogen-bond acceptors (Lipinski definition) is 4. The molecule has 1 heterocycles. The highest BCUT2D eigenvalue weighted by atomic mass is 16.3. The van der Waals surface area contributed by atoms with Crippen molar-refractivity contribution in [2.75, 3.05) is 0 Å². The van der Waals surface area contributed by atoms with Gasteiger partial charge in [-0.25, -0.2) is 4.98 Å². The Labute approximate surface area is 146 Å². The van der Waals surface area contributed by atoms with E-state index in [0.29, 0.717) is 12.2 Å². The van der Waals surface area contributed by atoms with Gasteiger partial charge in [0, 0.05) is 12.6 Å². The van der Waals surface area contributed by atoms with Crippen LogP contribution in [-0.4, -0.2) is 21.0 Å². The Balaban J connectivity index is 1.92. The van der Waals surface area contributed by atoms with E-state index in [1.54, 1.807) is 0 Å². The summed E-state index contributed by atoms with van der Waals surface area (Å²) in [5.74, 6) is -0.223. The van der Waals surface area contributed by atoms with Crippen molar-refractivity contribution in [3.05, 3.63) is 89.4 Å². The highest BCUT2D eigenvalue weighted by Gasteiger charge is 2.20. The van der Waals surface area contributed by atoms with Crippen LogP contribution in [0.3, 0.4) is 0 Å². The minimum Gasteiger partial charge on any atom is -0.493 e. The van der Waals surface area contributed by atoms with E-state index in [0.717, 1.165) is 11.1 Å². The van der Waals surface area contributed by atoms with E-state index in [1.807, 2.05) is 67.6 Å². The summed E-state index contributed by atoms with van der Waals surface area (Å²) in [7, 11) is 0. The second kappa shape index (κ2) is 7.57. The standard InChI is InChI=1S/C20H19N3O2/c1-2-17-21-13-16(19(24)22-17)20(25)23-18(14-9-5-3-6-10-14)15-11-7-4-8-12-15/h3-13,18H,2H2,1H3,(H,23,25)(H,21,22,24). The summed E-state index contributed by atoms with van der Waals surface area (Å²) >= 11 is 0. The molecule has 0 saturated carbocycles. The summed E-state index contributed by atoms with van der Waals surface area (Å²) in [5, 5.41) is 13.0. The Morgan fingerprint density at radius 2 is 1.60 bits per heavy atom. The van der Waals surface area contributed by atoms with Crippen molar-refractivity contribution in [3.8, 4) is 5.88 Å². The molecule has 25 heavy (non-hydrogen) atoms. The number of carbonyl (C=O) groups excluding carboxylic acids is 1. The van der Waals surface area contributed by atoms with Crippen molar-refractivity contribution in [2.24, 2.45) is 0 Å². The Morgan fingerprint density at radius 1 is 1.04 bits per heavy atom. The largest absolute Gasteiger partial charge is 0.493 e. The highest BCUT2D eigenvalue weighted by Crippen LogP contribution is 2.23. The molecule has 0 fully saturated rings. The van der Waals surface area contributed by atoms with Crippen LogP contribution in [0.25, 0.3) is 0 Å². The van der Waals surface area contributed by atoms with Crippen molar-refractivity contribution in [3.63, 3.8) is 0 Å². The van der Waals surface area contributed by atoms with Gasteiger partial charge in [-0.3, -0.25) is 4.79 Å². The Morgan fingerprint density at radius 3 is 2.08 bits per heavy atom. The number of aromatic nitrogens is 2. The summed E-state index contributed by atoms with van der Waals surface area (Å²) in [6.07, 6.45) is 1.95. The normalized spacial score (nSPS) is 10.6. The van der Waals surface area contributed by atoms with E-state index in [9.17, 15) is 9.90 Å². The van der Waals surface area contributed by atoms with Gasteiger partial charge in [-0.05, 0) is 11.1 Å². The van der Waals surface area contributed by atoms with E-state index < -0.39 is 5.91 Å². The number of amides is 1. The molecule has 0 aliphatic rings. The summed E-state index contributed by atoms with van der Waals surface area (Å²) in [4.78, 5) is 20.7. The quantitative estimate of drug-likeness (QED) is 0.751. The summed E-state index contributed by atoms with van der Waals surface area (Å²) < 4.78 is 0. The molecule has 2 aromatic carbocycles. The highest BCUT2D eigenvalue weighted by molar-refractivity contribution is 5.96. The maximum Gasteiger partial charge on any atom is 0.259 e. The predicted octanol–water partition coefficient (Wildman–Crippen LogP) is 3.26. The summed E-state index contributed by atoms with van der Waals surface area (Å²) in [6.45, 7) is 1.88. The van der Waals surface area contributed by atoms with Crippen LogP contribution in [-0.2, 0) is 6.42 Å². The van der Waals surface area contributed by atoms with E-state index >= 15 is 0 Å². The molecule has 1 aromatic heterocycles. The average molecular weight is 333 g/mol. The lowest BCUT2D eigenvalue weighted by Crippen LogP contribution is -2.29. The van der Waals surface area contributed by atoms with Gasteiger partial charge in [0.05, 0.1) is 6.04 Å². The average Bonchev–Trinajstić information content (AvgIpc) is 2.67. The van der Waals surface area contributed by atoms with Crippen molar-refractivity contribution in [1.29, 1.82) is 0 Å². The first-order valence-electron chi connectivity index (χ1n) is 8.14. The molecule has 0 unspecified atom stereocenters. The van der Waals surface area contributed by atoms with E-state index in [4.69, 9.17) is 0 Å². The molecule has 0 radical (unpaired) electrons. The molecule has 5 nitrogen and oxygen atoms in total. The number of carbonyl (C=O) groups is 1. The van der Waals surface area contributed by atoms with Crippen molar-refractivity contribution < 1.29 is 9.90 Å². The van der Waals surface area contributed by atoms with Crippen molar-refractivity contribution in [2.45, 2.75) is 19.4 Å². The van der Waals surface area contributed by atoms with Gasteiger partial charge in [0.2, 0.25) is 5.88 Å². The monoisotopic (exact) mass is 333 g/mol. The number of nitrogens with zero attached hydrogens (tertiary/aromatic N) is 2. The van der Waals surface area contributed by atoms with Crippen molar-refractivity contribution >= 4 is 5.91 Å². The summed E-state index contributed by atoms with van der Waals surface area (Å²) in [6, 6.07) is 19.0. The number of nitrogens with one attached hydrogen (secondary N) is 1. The SMILES string of the molecule is CCc1ncc(C(=O)NC(c2ccccc2)c2ccccc2)c(O)n1. The molecule has 0 aliphatic heterocycles. The number of hydrogen-bond donors (Lipinski definition) is 2. The smallest absolute Gasteiger partial charge is 0.259 e. The fraction of sp³-hybridized carbons (Fsp3) is 0.150. The summed E-state index contributed by atoms with van der Waals surface area (Å²) in [5.41, 5.74) is 1.97. The molecular formula is C20H19N3O2. The lowest BCUT2D eigenvalue weighted by molar-refractivity contribution is 0.0939. The molecule has 126 valence electrons. The zero-order chi connectivity index (χ0) is 17.6. The number of rotatable bonds is 5. The van der Waals surface area contributed by atoms with Gasteiger partial charge in [-0.15, -0.1) is 0 Å². The minimum atomic E-state index is -0.419. The number of benzene rings is 2. The first kappa shape index (κ1) is 16.6. The molecular weight excluding hydrogens is 314 g/mol. The van der Waals surface area contributed by atoms with Gasteiger partial charge < -0.3 is 10.4 Å². The zero-order valence-corrected chi connectivity index (χ0v) is 13.9. The number of aryl methyl sites for hydroxylation is 1. The topological polar surface area (TPSA) is 75.1 Å². The lowest BCUT2D eigenvalue weighted by atomic mass is 9.98. The second-order valence-corrected chi connectivity index (χ2v) is 5.60. The predicted molar refractivity (Wildman–Crippen MR) is 95.3 cm³/mol. The van der Waals surface area contributed by atoms with Gasteiger partial charge in [0.15, 0.2) is 0 Å². The van der Waals surface area contributed by atoms with Crippen LogP contribution in [0.4, 0.5) is 0 Å². The van der Waals surface area contributed by atoms with E-state index in [-0.39, 0.29) is 17.5 Å². The first-order valence-corrected chi connectivity index (χ1v) is 8.14. The Kier molecular flexibility index (Phi) is 5.04. The molecule has 0 saturated heterocycles. The van der Waals surface area contributed by atoms with E-state index in [1.165, 1.54) is 6.20 Å².